The summed E-state index contributed by atoms with van der Waals surface area (Å²) in [6, 6.07) is 26.6. The van der Waals surface area contributed by atoms with Crippen molar-refractivity contribution in [2.45, 2.75) is 4.83 Å². The Kier molecular flexibility index (Phi) is 3.41. The molecule has 0 aromatic heterocycles. The van der Waals surface area contributed by atoms with Gasteiger partial charge in [-0.05, 0) is 101 Å². The molecule has 0 saturated carbocycles. The quantitative estimate of drug-likeness (QED) is 0.105. The van der Waals surface area contributed by atoms with E-state index in [1.165, 1.54) is 53.9 Å². The fraction of sp³-hybridized carbons (Fsp3) is 0.0333. The normalized spacial score (nSPS) is 16.7. The highest BCUT2D eigenvalue weighted by Gasteiger charge is 2.29. The Morgan fingerprint density at radius 2 is 1.21 bits per heavy atom. The minimum Gasteiger partial charge on any atom is -0.292 e. The lowest BCUT2D eigenvalue weighted by atomic mass is 9.82. The summed E-state index contributed by atoms with van der Waals surface area (Å²) in [7, 11) is 0. The van der Waals surface area contributed by atoms with Gasteiger partial charge in [0.25, 0.3) is 0 Å². The van der Waals surface area contributed by atoms with Crippen LogP contribution in [-0.2, 0) is 0 Å². The monoisotopic (exact) mass is 548 g/mol. The summed E-state index contributed by atoms with van der Waals surface area (Å²) >= 11 is 7.15. The number of ketones is 1. The molecule has 7 aromatic carbocycles. The van der Waals surface area contributed by atoms with Gasteiger partial charge in [0.15, 0.2) is 5.78 Å². The number of benzene rings is 7. The van der Waals surface area contributed by atoms with Crippen LogP contribution in [0.1, 0.15) is 15.9 Å². The second-order valence-corrected chi connectivity index (χ2v) is 10.9. The molecule has 0 heterocycles. The third kappa shape index (κ3) is 2.20. The van der Waals surface area contributed by atoms with Gasteiger partial charge in [0.2, 0.25) is 0 Å². The van der Waals surface area contributed by atoms with Gasteiger partial charge >= 0.3 is 0 Å². The van der Waals surface area contributed by atoms with Crippen LogP contribution >= 0.6 is 31.9 Å². The zero-order chi connectivity index (χ0) is 22.0. The molecule has 7 aromatic rings. The van der Waals surface area contributed by atoms with Crippen molar-refractivity contribution in [3.8, 4) is 0 Å². The molecular weight excluding hydrogens is 536 g/mol. The molecule has 8 rings (SSSR count). The molecule has 0 saturated heterocycles. The van der Waals surface area contributed by atoms with Crippen LogP contribution in [0.2, 0.25) is 0 Å². The van der Waals surface area contributed by atoms with E-state index in [0.717, 1.165) is 26.4 Å². The average Bonchev–Trinajstić information content (AvgIpc) is 2.84. The molecule has 1 unspecified atom stereocenters. The van der Waals surface area contributed by atoms with E-state index in [-0.39, 0.29) is 10.6 Å². The maximum absolute atomic E-state index is 13.1. The van der Waals surface area contributed by atoms with E-state index in [2.05, 4.69) is 111 Å². The number of carbonyl (C=O) groups is 1. The Bertz CT molecular complexity index is 2010. The van der Waals surface area contributed by atoms with E-state index in [4.69, 9.17) is 0 Å². The maximum Gasteiger partial charge on any atom is 0.182 e. The number of alkyl halides is 1. The van der Waals surface area contributed by atoms with Gasteiger partial charge in [-0.3, -0.25) is 4.79 Å². The fourth-order valence-corrected chi connectivity index (χ4v) is 6.81. The lowest BCUT2D eigenvalue weighted by molar-refractivity contribution is 0.100. The standard InChI is InChI=1S/C30H14Br2O/c31-24-13-20-22-11-18-7-5-15-9-14-3-1-2-4-19(14)21-10-17-8-6-16(12-23(20)30(33)29(24)32)26(22)28(17)27(18)25(15)21/h1-13,29H. The largest absolute Gasteiger partial charge is 0.292 e. The number of carbonyl (C=O) groups excluding carboxylic acids is 1. The number of Topliss-reactive ketones (excluding diaryl/α,β-unsaturated/α-hetero) is 1. The predicted molar refractivity (Wildman–Crippen MR) is 148 cm³/mol. The molecule has 1 aliphatic rings. The predicted octanol–water partition coefficient (Wildman–Crippen LogP) is 9.18. The van der Waals surface area contributed by atoms with Gasteiger partial charge in [0, 0.05) is 10.0 Å². The van der Waals surface area contributed by atoms with Crippen molar-refractivity contribution in [3.63, 3.8) is 0 Å². The van der Waals surface area contributed by atoms with Crippen molar-refractivity contribution in [2.75, 3.05) is 0 Å². The van der Waals surface area contributed by atoms with Crippen LogP contribution in [0.4, 0.5) is 0 Å². The lowest BCUT2D eigenvalue weighted by Gasteiger charge is -2.23. The van der Waals surface area contributed by atoms with Crippen LogP contribution in [0.15, 0.2) is 77.3 Å². The van der Waals surface area contributed by atoms with Gasteiger partial charge in [0.05, 0.1) is 0 Å². The van der Waals surface area contributed by atoms with E-state index in [9.17, 15) is 4.79 Å². The van der Waals surface area contributed by atoms with E-state index in [1.54, 1.807) is 0 Å². The summed E-state index contributed by atoms with van der Waals surface area (Å²) in [5, 5.41) is 15.1. The van der Waals surface area contributed by atoms with Crippen LogP contribution in [0.25, 0.3) is 70.7 Å². The Hall–Kier alpha value is -3.01. The smallest absolute Gasteiger partial charge is 0.182 e. The summed E-state index contributed by atoms with van der Waals surface area (Å²) in [5.41, 5.74) is 1.80. The van der Waals surface area contributed by atoms with Gasteiger partial charge in [-0.15, -0.1) is 0 Å². The molecule has 1 nitrogen and oxygen atoms in total. The molecule has 3 heteroatoms. The molecule has 0 N–H and O–H groups in total. The van der Waals surface area contributed by atoms with Crippen LogP contribution < -0.4 is 0 Å². The Morgan fingerprint density at radius 3 is 1.97 bits per heavy atom. The van der Waals surface area contributed by atoms with Gasteiger partial charge in [0.1, 0.15) is 4.83 Å². The zero-order valence-corrected chi connectivity index (χ0v) is 20.4. The van der Waals surface area contributed by atoms with E-state index < -0.39 is 0 Å². The fourth-order valence-electron chi connectivity index (χ4n) is 6.00. The number of fused-ring (bicyclic) bond motifs is 4. The molecule has 0 amide bonds. The average molecular weight is 550 g/mol. The summed E-state index contributed by atoms with van der Waals surface area (Å²) in [6.07, 6.45) is 2.11. The van der Waals surface area contributed by atoms with E-state index in [0.29, 0.717) is 0 Å². The van der Waals surface area contributed by atoms with Crippen molar-refractivity contribution in [1.82, 2.24) is 0 Å². The van der Waals surface area contributed by atoms with Gasteiger partial charge in [-0.1, -0.05) is 80.4 Å². The molecule has 1 atom stereocenters. The highest BCUT2D eigenvalue weighted by atomic mass is 79.9. The third-order valence-electron chi connectivity index (χ3n) is 7.39. The second kappa shape index (κ2) is 6.11. The van der Waals surface area contributed by atoms with Crippen molar-refractivity contribution < 1.29 is 4.79 Å². The summed E-state index contributed by atoms with van der Waals surface area (Å²) < 4.78 is 0.874. The first-order valence-corrected chi connectivity index (χ1v) is 12.7. The molecule has 0 radical (unpaired) electrons. The molecule has 0 fully saturated rings. The number of halogens is 2. The zero-order valence-electron chi connectivity index (χ0n) is 17.2. The van der Waals surface area contributed by atoms with E-state index in [1.807, 2.05) is 0 Å². The second-order valence-electron chi connectivity index (χ2n) is 9.06. The highest BCUT2D eigenvalue weighted by molar-refractivity contribution is 9.14. The van der Waals surface area contributed by atoms with Gasteiger partial charge < -0.3 is 0 Å². The maximum atomic E-state index is 13.1. The Morgan fingerprint density at radius 1 is 0.606 bits per heavy atom. The summed E-state index contributed by atoms with van der Waals surface area (Å²) in [4.78, 5) is 12.8. The summed E-state index contributed by atoms with van der Waals surface area (Å²) in [6.45, 7) is 0. The first-order valence-electron chi connectivity index (χ1n) is 11.0. The first kappa shape index (κ1) is 18.4. The minimum absolute atomic E-state index is 0.105. The SMILES string of the molecule is O=C1c2cc3ccc4cc5c6ccccc6cc6ccc7cc(c2C=C(Br)C1Br)c3c4c7c65. The first-order chi connectivity index (χ1) is 16.1. The van der Waals surface area contributed by atoms with E-state index >= 15 is 0 Å². The number of hydrogen-bond acceptors (Lipinski definition) is 1. The molecular formula is C30H14Br2O. The molecule has 0 bridgehead atoms. The van der Waals surface area contributed by atoms with Crippen LogP contribution in [0, 0.1) is 0 Å². The Labute approximate surface area is 205 Å². The van der Waals surface area contributed by atoms with Crippen molar-refractivity contribution in [2.24, 2.45) is 0 Å². The lowest BCUT2D eigenvalue weighted by Crippen LogP contribution is -2.19. The van der Waals surface area contributed by atoms with Crippen molar-refractivity contribution in [3.05, 3.63) is 88.4 Å². The number of allylic oxidation sites excluding steroid dienone is 1. The Balaban J connectivity index is 1.68. The van der Waals surface area contributed by atoms with Crippen molar-refractivity contribution >= 4 is 108 Å². The molecule has 1 aliphatic carbocycles. The van der Waals surface area contributed by atoms with Crippen LogP contribution in [0.3, 0.4) is 0 Å². The molecule has 0 spiro atoms. The summed E-state index contributed by atoms with van der Waals surface area (Å²) in [5.74, 6) is 0.105. The van der Waals surface area contributed by atoms with Gasteiger partial charge in [-0.25, -0.2) is 0 Å². The van der Waals surface area contributed by atoms with Crippen LogP contribution in [0.5, 0.6) is 0 Å². The minimum atomic E-state index is -0.323. The number of hydrogen-bond donors (Lipinski definition) is 0. The highest BCUT2D eigenvalue weighted by Crippen LogP contribution is 2.47. The topological polar surface area (TPSA) is 17.1 Å². The number of rotatable bonds is 0. The van der Waals surface area contributed by atoms with Gasteiger partial charge in [-0.2, -0.15) is 0 Å². The van der Waals surface area contributed by atoms with Crippen LogP contribution in [-0.4, -0.2) is 10.6 Å². The molecule has 154 valence electrons. The molecule has 33 heavy (non-hydrogen) atoms. The molecule has 0 aliphatic heterocycles. The third-order valence-corrected chi connectivity index (χ3v) is 9.60. The van der Waals surface area contributed by atoms with Crippen molar-refractivity contribution in [1.29, 1.82) is 0 Å².